The minimum absolute atomic E-state index is 0.0707. The van der Waals surface area contributed by atoms with Crippen LogP contribution in [0.15, 0.2) is 46.1 Å². The Kier molecular flexibility index (Phi) is 2.69. The molecule has 0 radical (unpaired) electrons. The number of amides is 1. The Morgan fingerprint density at radius 3 is 3.05 bits per heavy atom. The maximum absolute atomic E-state index is 12.3. The van der Waals surface area contributed by atoms with E-state index in [1.54, 1.807) is 7.11 Å². The second-order valence-corrected chi connectivity index (χ2v) is 5.82. The highest BCUT2D eigenvalue weighted by molar-refractivity contribution is 6.02. The average molecular weight is 270 g/mol. The number of rotatable bonds is 5. The van der Waals surface area contributed by atoms with E-state index in [0.717, 1.165) is 43.8 Å². The first-order valence-corrected chi connectivity index (χ1v) is 7.15. The Morgan fingerprint density at radius 2 is 2.25 bits per heavy atom. The van der Waals surface area contributed by atoms with Crippen LogP contribution in [0.25, 0.3) is 0 Å². The maximum atomic E-state index is 12.3. The molecule has 1 N–H and O–H groups in total. The van der Waals surface area contributed by atoms with Crippen molar-refractivity contribution in [3.05, 3.63) is 46.1 Å². The van der Waals surface area contributed by atoms with Gasteiger partial charge in [-0.25, -0.2) is 0 Å². The van der Waals surface area contributed by atoms with E-state index in [-0.39, 0.29) is 11.9 Å². The predicted octanol–water partition coefficient (Wildman–Crippen LogP) is 0.940. The van der Waals surface area contributed by atoms with Gasteiger partial charge in [-0.3, -0.25) is 9.69 Å². The van der Waals surface area contributed by atoms with Gasteiger partial charge in [0, 0.05) is 32.3 Å². The first-order valence-electron chi connectivity index (χ1n) is 7.15. The zero-order valence-corrected chi connectivity index (χ0v) is 11.6. The van der Waals surface area contributed by atoms with Gasteiger partial charge in [-0.2, -0.15) is 0 Å². The van der Waals surface area contributed by atoms with Crippen LogP contribution in [0.1, 0.15) is 6.42 Å². The number of nitrogens with one attached hydrogen (secondary N) is 1. The molecular weight excluding hydrogens is 252 g/mol. The Hall–Kier alpha value is -1.65. The van der Waals surface area contributed by atoms with Gasteiger partial charge in [-0.15, -0.1) is 0 Å². The lowest BCUT2D eigenvalue weighted by molar-refractivity contribution is -0.119. The van der Waals surface area contributed by atoms with Crippen LogP contribution in [-0.4, -0.2) is 50.2 Å². The molecule has 1 saturated carbocycles. The second-order valence-electron chi connectivity index (χ2n) is 5.82. The van der Waals surface area contributed by atoms with Crippen molar-refractivity contribution in [3.8, 4) is 0 Å². The summed E-state index contributed by atoms with van der Waals surface area (Å²) in [5.41, 5.74) is 6.10. The van der Waals surface area contributed by atoms with Gasteiger partial charge >= 0.3 is 0 Å². The van der Waals surface area contributed by atoms with E-state index in [9.17, 15) is 4.79 Å². The van der Waals surface area contributed by atoms with Gasteiger partial charge in [-0.1, -0.05) is 6.08 Å². The number of nitrogens with zero attached hydrogens (tertiary/aromatic N) is 1. The number of hydrogen-bond donors (Lipinski definition) is 1. The summed E-state index contributed by atoms with van der Waals surface area (Å²) < 4.78 is 5.05. The molecule has 0 unspecified atom stereocenters. The Bertz CT molecular complexity index is 604. The molecule has 3 aliphatic carbocycles. The fourth-order valence-corrected chi connectivity index (χ4v) is 3.16. The van der Waals surface area contributed by atoms with E-state index in [2.05, 4.69) is 22.4 Å². The number of likely N-dealkylation sites (tertiary alicyclic amines) is 1. The Morgan fingerprint density at radius 1 is 1.40 bits per heavy atom. The fourth-order valence-electron chi connectivity index (χ4n) is 3.16. The Balaban J connectivity index is 1.35. The molecule has 0 spiro atoms. The summed E-state index contributed by atoms with van der Waals surface area (Å²) in [5, 5.41) is 3.12. The van der Waals surface area contributed by atoms with Crippen LogP contribution in [0.5, 0.6) is 0 Å². The fraction of sp³-hybridized carbons (Fsp3) is 0.438. The zero-order valence-electron chi connectivity index (χ0n) is 11.6. The summed E-state index contributed by atoms with van der Waals surface area (Å²) in [6.45, 7) is 3.55. The molecule has 1 amide bonds. The van der Waals surface area contributed by atoms with Crippen LogP contribution in [-0.2, 0) is 9.53 Å². The van der Waals surface area contributed by atoms with Gasteiger partial charge < -0.3 is 10.1 Å². The molecule has 1 saturated heterocycles. The van der Waals surface area contributed by atoms with Gasteiger partial charge in [0.15, 0.2) is 0 Å². The molecule has 104 valence electrons. The van der Waals surface area contributed by atoms with E-state index in [0.29, 0.717) is 0 Å². The molecule has 1 aliphatic heterocycles. The van der Waals surface area contributed by atoms with Crippen LogP contribution in [0.2, 0.25) is 0 Å². The predicted molar refractivity (Wildman–Crippen MR) is 76.1 cm³/mol. The lowest BCUT2D eigenvalue weighted by atomic mass is 10.1. The third kappa shape index (κ3) is 1.87. The summed E-state index contributed by atoms with van der Waals surface area (Å²) in [6.07, 6.45) is 7.34. The highest BCUT2D eigenvalue weighted by Gasteiger charge is 2.36. The number of carbonyl (C=O) groups excluding carboxylic acids is 1. The summed E-state index contributed by atoms with van der Waals surface area (Å²) in [6, 6.07) is 0.279. The zero-order chi connectivity index (χ0) is 13.7. The van der Waals surface area contributed by atoms with E-state index in [1.807, 2.05) is 6.08 Å². The van der Waals surface area contributed by atoms with Gasteiger partial charge in [0.25, 0.3) is 5.91 Å². The number of methoxy groups -OCH3 is 1. The van der Waals surface area contributed by atoms with Crippen molar-refractivity contribution in [2.45, 2.75) is 12.5 Å². The van der Waals surface area contributed by atoms with Crippen molar-refractivity contribution in [1.82, 2.24) is 10.2 Å². The number of carbonyl (C=O) groups is 1. The molecule has 0 aromatic carbocycles. The maximum Gasteiger partial charge on any atom is 0.252 e. The van der Waals surface area contributed by atoms with Crippen molar-refractivity contribution in [3.63, 3.8) is 0 Å². The minimum Gasteiger partial charge on any atom is -0.383 e. The average Bonchev–Trinajstić information content (AvgIpc) is 2.88. The standard InChI is InChI=1S/C16H18N2O2/c1-20-5-4-18-8-11(9-18)17-16(19)13-3-2-12-14-6-10(14)7-15(12)13/h2-3,7,11H,4-6,8-9H2,1H3,(H,17,19). The summed E-state index contributed by atoms with van der Waals surface area (Å²) in [7, 11) is 1.71. The van der Waals surface area contributed by atoms with Gasteiger partial charge in [0.05, 0.1) is 12.6 Å². The van der Waals surface area contributed by atoms with Gasteiger partial charge in [0.2, 0.25) is 0 Å². The number of ether oxygens (including phenoxy) is 1. The SMILES string of the molecule is COCCN1CC(NC(=O)C2=C3C=C4CC4=C3C=C2)C1. The largest absolute Gasteiger partial charge is 0.383 e. The van der Waals surface area contributed by atoms with Crippen LogP contribution in [0.4, 0.5) is 0 Å². The second kappa shape index (κ2) is 4.43. The minimum atomic E-state index is 0.0707. The van der Waals surface area contributed by atoms with Crippen LogP contribution in [0, 0.1) is 0 Å². The molecule has 0 bridgehead atoms. The van der Waals surface area contributed by atoms with Crippen molar-refractivity contribution in [1.29, 1.82) is 0 Å². The molecular formula is C16H18N2O2. The number of allylic oxidation sites excluding steroid dienone is 6. The normalized spacial score (nSPS) is 23.8. The first kappa shape index (κ1) is 12.1. The number of fused-ring (bicyclic) bond motifs is 2. The lowest BCUT2D eigenvalue weighted by Gasteiger charge is -2.39. The van der Waals surface area contributed by atoms with E-state index >= 15 is 0 Å². The highest BCUT2D eigenvalue weighted by Crippen LogP contribution is 2.51. The molecule has 4 rings (SSSR count). The summed E-state index contributed by atoms with van der Waals surface area (Å²) >= 11 is 0. The van der Waals surface area contributed by atoms with Crippen LogP contribution >= 0.6 is 0 Å². The molecule has 0 aromatic rings. The lowest BCUT2D eigenvalue weighted by Crippen LogP contribution is -2.59. The molecule has 0 atom stereocenters. The van der Waals surface area contributed by atoms with E-state index < -0.39 is 0 Å². The number of hydrogen-bond acceptors (Lipinski definition) is 3. The molecule has 2 fully saturated rings. The highest BCUT2D eigenvalue weighted by atomic mass is 16.5. The van der Waals surface area contributed by atoms with Crippen LogP contribution in [0.3, 0.4) is 0 Å². The van der Waals surface area contributed by atoms with Crippen LogP contribution < -0.4 is 5.32 Å². The molecule has 1 heterocycles. The molecule has 20 heavy (non-hydrogen) atoms. The quantitative estimate of drug-likeness (QED) is 0.808. The molecule has 4 nitrogen and oxygen atoms in total. The topological polar surface area (TPSA) is 41.6 Å². The Labute approximate surface area is 118 Å². The van der Waals surface area contributed by atoms with E-state index in [4.69, 9.17) is 4.74 Å². The van der Waals surface area contributed by atoms with Gasteiger partial charge in [0.1, 0.15) is 0 Å². The third-order valence-electron chi connectivity index (χ3n) is 4.42. The molecule has 4 aliphatic rings. The summed E-state index contributed by atoms with van der Waals surface area (Å²) in [4.78, 5) is 14.6. The monoisotopic (exact) mass is 270 g/mol. The summed E-state index contributed by atoms with van der Waals surface area (Å²) in [5.74, 6) is 0.0707. The van der Waals surface area contributed by atoms with Crippen molar-refractivity contribution in [2.75, 3.05) is 33.4 Å². The van der Waals surface area contributed by atoms with Crippen molar-refractivity contribution >= 4 is 5.91 Å². The van der Waals surface area contributed by atoms with Crippen molar-refractivity contribution < 1.29 is 9.53 Å². The third-order valence-corrected chi connectivity index (χ3v) is 4.42. The first-order chi connectivity index (χ1) is 9.76. The molecule has 4 heteroatoms. The molecule has 0 aromatic heterocycles. The van der Waals surface area contributed by atoms with Crippen molar-refractivity contribution in [2.24, 2.45) is 0 Å². The van der Waals surface area contributed by atoms with E-state index in [1.165, 1.54) is 16.7 Å². The van der Waals surface area contributed by atoms with Gasteiger partial charge in [-0.05, 0) is 40.9 Å². The smallest absolute Gasteiger partial charge is 0.252 e.